The van der Waals surface area contributed by atoms with Gasteiger partial charge in [-0.25, -0.2) is 0 Å². The molecule has 1 aromatic heterocycles. The second kappa shape index (κ2) is 3.53. The lowest BCUT2D eigenvalue weighted by atomic mass is 10.4. The summed E-state index contributed by atoms with van der Waals surface area (Å²) in [5.74, 6) is 0. The Morgan fingerprint density at radius 2 is 2.36 bits per heavy atom. The van der Waals surface area contributed by atoms with E-state index >= 15 is 0 Å². The van der Waals surface area contributed by atoms with Crippen LogP contribution in [0.4, 0.5) is 0 Å². The van der Waals surface area contributed by atoms with Crippen LogP contribution < -0.4 is 0 Å². The number of hydrogen-bond acceptors (Lipinski definition) is 2. The minimum atomic E-state index is 0.0744. The summed E-state index contributed by atoms with van der Waals surface area (Å²) in [7, 11) is 0. The lowest BCUT2D eigenvalue weighted by Crippen LogP contribution is -2.00. The summed E-state index contributed by atoms with van der Waals surface area (Å²) in [4.78, 5) is 0. The molecule has 0 saturated heterocycles. The Morgan fingerprint density at radius 3 is 2.64 bits per heavy atom. The third kappa shape index (κ3) is 1.93. The van der Waals surface area contributed by atoms with Gasteiger partial charge in [0.1, 0.15) is 3.70 Å². The smallest absolute Gasteiger partial charge is 0.128 e. The van der Waals surface area contributed by atoms with Gasteiger partial charge in [-0.15, -0.1) is 0 Å². The zero-order chi connectivity index (χ0) is 8.43. The topological polar surface area (TPSA) is 38.0 Å². The van der Waals surface area contributed by atoms with Crippen molar-refractivity contribution in [1.29, 1.82) is 0 Å². The van der Waals surface area contributed by atoms with E-state index in [4.69, 9.17) is 5.11 Å². The average molecular weight is 266 g/mol. The highest BCUT2D eigenvalue weighted by atomic mass is 127. The third-order valence-corrected chi connectivity index (χ3v) is 2.36. The van der Waals surface area contributed by atoms with Crippen molar-refractivity contribution in [3.05, 3.63) is 15.5 Å². The van der Waals surface area contributed by atoms with Crippen LogP contribution in [0.25, 0.3) is 0 Å². The molecule has 1 aromatic rings. The molecule has 0 radical (unpaired) electrons. The van der Waals surface area contributed by atoms with E-state index in [9.17, 15) is 0 Å². The molecule has 0 aromatic carbocycles. The standard InChI is InChI=1S/C7H11IN2O/c1-5(2)10-3-6(4-11)7(8)9-10/h3,5,11H,4H2,1-2H3. The van der Waals surface area contributed by atoms with Gasteiger partial charge >= 0.3 is 0 Å². The van der Waals surface area contributed by atoms with E-state index in [1.54, 1.807) is 0 Å². The Bertz CT molecular complexity index is 245. The SMILES string of the molecule is CC(C)n1cc(CO)c(I)n1. The van der Waals surface area contributed by atoms with Crippen LogP contribution in [0.5, 0.6) is 0 Å². The molecule has 0 amide bonds. The number of aliphatic hydroxyl groups is 1. The van der Waals surface area contributed by atoms with Gasteiger partial charge in [-0.3, -0.25) is 4.68 Å². The molecule has 0 aliphatic carbocycles. The van der Waals surface area contributed by atoms with E-state index in [-0.39, 0.29) is 6.61 Å². The molecule has 0 unspecified atom stereocenters. The number of aliphatic hydroxyl groups excluding tert-OH is 1. The number of rotatable bonds is 2. The first-order chi connectivity index (χ1) is 5.15. The molecule has 3 nitrogen and oxygen atoms in total. The van der Waals surface area contributed by atoms with Crippen molar-refractivity contribution in [1.82, 2.24) is 9.78 Å². The summed E-state index contributed by atoms with van der Waals surface area (Å²) in [6.07, 6.45) is 1.88. The third-order valence-electron chi connectivity index (χ3n) is 1.46. The molecular formula is C7H11IN2O. The maximum absolute atomic E-state index is 8.86. The van der Waals surface area contributed by atoms with E-state index in [2.05, 4.69) is 41.5 Å². The summed E-state index contributed by atoms with van der Waals surface area (Å²) < 4.78 is 2.74. The van der Waals surface area contributed by atoms with E-state index < -0.39 is 0 Å². The Morgan fingerprint density at radius 1 is 1.73 bits per heavy atom. The van der Waals surface area contributed by atoms with Gasteiger partial charge in [-0.05, 0) is 36.4 Å². The highest BCUT2D eigenvalue weighted by Crippen LogP contribution is 2.12. The Hall–Kier alpha value is -0.100. The molecule has 0 fully saturated rings. The van der Waals surface area contributed by atoms with Crippen molar-refractivity contribution in [3.63, 3.8) is 0 Å². The lowest BCUT2D eigenvalue weighted by Gasteiger charge is -2.02. The average Bonchev–Trinajstić information content (AvgIpc) is 2.31. The van der Waals surface area contributed by atoms with Gasteiger partial charge in [-0.1, -0.05) is 0 Å². The number of halogens is 1. The highest BCUT2D eigenvalue weighted by molar-refractivity contribution is 14.1. The van der Waals surface area contributed by atoms with Crippen LogP contribution in [-0.2, 0) is 6.61 Å². The van der Waals surface area contributed by atoms with Gasteiger partial charge in [0.15, 0.2) is 0 Å². The van der Waals surface area contributed by atoms with Gasteiger partial charge in [0.05, 0.1) is 6.61 Å². The van der Waals surface area contributed by atoms with Crippen molar-refractivity contribution >= 4 is 22.6 Å². The van der Waals surface area contributed by atoms with Crippen LogP contribution >= 0.6 is 22.6 Å². The maximum Gasteiger partial charge on any atom is 0.128 e. The molecule has 0 bridgehead atoms. The minimum absolute atomic E-state index is 0.0744. The molecule has 0 saturated carbocycles. The van der Waals surface area contributed by atoms with Gasteiger partial charge in [0.25, 0.3) is 0 Å². The van der Waals surface area contributed by atoms with Crippen molar-refractivity contribution < 1.29 is 5.11 Å². The molecule has 0 spiro atoms. The predicted octanol–water partition coefficient (Wildman–Crippen LogP) is 1.56. The first kappa shape index (κ1) is 8.99. The summed E-state index contributed by atoms with van der Waals surface area (Å²) in [5.41, 5.74) is 0.902. The summed E-state index contributed by atoms with van der Waals surface area (Å²) >= 11 is 2.12. The van der Waals surface area contributed by atoms with Crippen LogP contribution in [-0.4, -0.2) is 14.9 Å². The van der Waals surface area contributed by atoms with Gasteiger partial charge < -0.3 is 5.11 Å². The zero-order valence-corrected chi connectivity index (χ0v) is 8.74. The van der Waals surface area contributed by atoms with Gasteiger partial charge in [0, 0.05) is 17.8 Å². The van der Waals surface area contributed by atoms with E-state index in [1.165, 1.54) is 0 Å². The quantitative estimate of drug-likeness (QED) is 0.825. The molecule has 11 heavy (non-hydrogen) atoms. The van der Waals surface area contributed by atoms with Crippen molar-refractivity contribution in [2.24, 2.45) is 0 Å². The largest absolute Gasteiger partial charge is 0.392 e. The fourth-order valence-electron chi connectivity index (χ4n) is 0.778. The monoisotopic (exact) mass is 266 g/mol. The second-order valence-electron chi connectivity index (χ2n) is 2.68. The number of nitrogens with zero attached hydrogens (tertiary/aromatic N) is 2. The molecule has 1 heterocycles. The first-order valence-electron chi connectivity index (χ1n) is 3.49. The fraction of sp³-hybridized carbons (Fsp3) is 0.571. The van der Waals surface area contributed by atoms with E-state index in [0.29, 0.717) is 6.04 Å². The normalized spacial score (nSPS) is 11.0. The number of hydrogen-bond donors (Lipinski definition) is 1. The molecular weight excluding hydrogens is 255 g/mol. The highest BCUT2D eigenvalue weighted by Gasteiger charge is 2.05. The summed E-state index contributed by atoms with van der Waals surface area (Å²) in [6, 6.07) is 0.365. The maximum atomic E-state index is 8.86. The summed E-state index contributed by atoms with van der Waals surface area (Å²) in [5, 5.41) is 13.1. The Labute approximate surface area is 79.6 Å². The molecule has 62 valence electrons. The van der Waals surface area contributed by atoms with Crippen molar-refractivity contribution in [2.45, 2.75) is 26.5 Å². The lowest BCUT2D eigenvalue weighted by molar-refractivity contribution is 0.281. The second-order valence-corrected chi connectivity index (χ2v) is 3.70. The summed E-state index contributed by atoms with van der Waals surface area (Å²) in [6.45, 7) is 4.19. The van der Waals surface area contributed by atoms with Crippen molar-refractivity contribution in [3.8, 4) is 0 Å². The van der Waals surface area contributed by atoms with Crippen LogP contribution in [0.15, 0.2) is 6.20 Å². The molecule has 0 aliphatic heterocycles. The van der Waals surface area contributed by atoms with Crippen LogP contribution in [0.2, 0.25) is 0 Å². The molecule has 4 heteroatoms. The molecule has 0 aliphatic rings. The Balaban J connectivity index is 2.95. The molecule has 1 N–H and O–H groups in total. The predicted molar refractivity (Wildman–Crippen MR) is 51.3 cm³/mol. The number of aromatic nitrogens is 2. The zero-order valence-electron chi connectivity index (χ0n) is 6.58. The van der Waals surface area contributed by atoms with Crippen molar-refractivity contribution in [2.75, 3.05) is 0 Å². The van der Waals surface area contributed by atoms with Crippen LogP contribution in [0.3, 0.4) is 0 Å². The first-order valence-corrected chi connectivity index (χ1v) is 4.57. The van der Waals surface area contributed by atoms with Gasteiger partial charge in [0.2, 0.25) is 0 Å². The van der Waals surface area contributed by atoms with E-state index in [0.717, 1.165) is 9.26 Å². The van der Waals surface area contributed by atoms with Crippen LogP contribution in [0.1, 0.15) is 25.5 Å². The minimum Gasteiger partial charge on any atom is -0.392 e. The van der Waals surface area contributed by atoms with Gasteiger partial charge in [-0.2, -0.15) is 5.10 Å². The van der Waals surface area contributed by atoms with E-state index in [1.807, 2.05) is 10.9 Å². The van der Waals surface area contributed by atoms with Crippen LogP contribution in [0, 0.1) is 3.70 Å². The molecule has 1 rings (SSSR count). The fourth-order valence-corrected chi connectivity index (χ4v) is 1.34. The molecule has 0 atom stereocenters. The Kier molecular flexibility index (Phi) is 2.89.